The zero-order chi connectivity index (χ0) is 18.0. The maximum Gasteiger partial charge on any atom is 1.00 e. The van der Waals surface area contributed by atoms with Crippen LogP contribution in [-0.2, 0) is 6.42 Å². The Labute approximate surface area is 196 Å². The molecule has 0 aliphatic carbocycles. The van der Waals surface area contributed by atoms with E-state index in [0.717, 1.165) is 0 Å². The van der Waals surface area contributed by atoms with Gasteiger partial charge < -0.3 is 9.90 Å². The Morgan fingerprint density at radius 2 is 1.84 bits per heavy atom. The third-order valence-corrected chi connectivity index (χ3v) is 4.20. The van der Waals surface area contributed by atoms with Gasteiger partial charge >= 0.3 is 51.4 Å². The number of Topliss-reactive ketones (excluding diaryl/α,β-unsaturated/α-hetero) is 1. The molecule has 0 atom stereocenters. The van der Waals surface area contributed by atoms with Crippen molar-refractivity contribution in [3.8, 4) is 5.69 Å². The first-order valence-corrected chi connectivity index (χ1v) is 7.93. The number of rotatable bonds is 5. The largest absolute Gasteiger partial charge is 1.00 e. The molecule has 25 heavy (non-hydrogen) atoms. The number of benzene rings is 1. The molecule has 1 aromatic carbocycles. The number of aromatic carboxylic acids is 1. The average Bonchev–Trinajstić information content (AvgIpc) is 2.55. The SMILES string of the molecule is CCC(=O)c1c(CC)n(-c2ccc(Cl)c(Cl)c2)nc(C(=O)[O-])c1=O.[K+]. The van der Waals surface area contributed by atoms with Crippen molar-refractivity contribution in [1.29, 1.82) is 0 Å². The molecule has 0 amide bonds. The van der Waals surface area contributed by atoms with Crippen molar-refractivity contribution in [3.63, 3.8) is 0 Å². The van der Waals surface area contributed by atoms with Gasteiger partial charge in [0.05, 0.1) is 33.0 Å². The summed E-state index contributed by atoms with van der Waals surface area (Å²) in [6.07, 6.45) is 0.344. The molecule has 1 heterocycles. The van der Waals surface area contributed by atoms with Crippen molar-refractivity contribution >= 4 is 35.0 Å². The predicted molar refractivity (Wildman–Crippen MR) is 88.2 cm³/mol. The number of nitrogens with zero attached hydrogens (tertiary/aromatic N) is 2. The van der Waals surface area contributed by atoms with E-state index in [4.69, 9.17) is 23.2 Å². The van der Waals surface area contributed by atoms with Crippen LogP contribution < -0.4 is 61.9 Å². The predicted octanol–water partition coefficient (Wildman–Crippen LogP) is -0.938. The van der Waals surface area contributed by atoms with E-state index in [1.54, 1.807) is 19.9 Å². The third kappa shape index (κ3) is 4.60. The van der Waals surface area contributed by atoms with E-state index < -0.39 is 22.9 Å². The molecule has 126 valence electrons. The zero-order valence-corrected chi connectivity index (χ0v) is 18.6. The van der Waals surface area contributed by atoms with Crippen LogP contribution in [0.5, 0.6) is 0 Å². The summed E-state index contributed by atoms with van der Waals surface area (Å²) in [6, 6.07) is 4.54. The second kappa shape index (κ2) is 9.41. The van der Waals surface area contributed by atoms with Gasteiger partial charge in [0, 0.05) is 6.42 Å². The molecule has 6 nitrogen and oxygen atoms in total. The van der Waals surface area contributed by atoms with E-state index in [9.17, 15) is 19.5 Å². The van der Waals surface area contributed by atoms with Crippen molar-refractivity contribution in [3.05, 3.63) is 55.4 Å². The molecule has 0 fully saturated rings. The Kier molecular flexibility index (Phi) is 8.47. The first kappa shape index (κ1) is 22.5. The smallest absolute Gasteiger partial charge is 0.543 e. The fourth-order valence-electron chi connectivity index (χ4n) is 2.32. The van der Waals surface area contributed by atoms with Crippen LogP contribution in [0.25, 0.3) is 5.69 Å². The molecule has 1 aromatic heterocycles. The Hall–Kier alpha value is -0.544. The minimum absolute atomic E-state index is 0. The number of halogens is 2. The van der Waals surface area contributed by atoms with E-state index in [0.29, 0.717) is 16.4 Å². The molecule has 0 radical (unpaired) electrons. The van der Waals surface area contributed by atoms with Gasteiger partial charge in [0.15, 0.2) is 11.5 Å². The summed E-state index contributed by atoms with van der Waals surface area (Å²) < 4.78 is 1.22. The van der Waals surface area contributed by atoms with Crippen LogP contribution in [0.3, 0.4) is 0 Å². The zero-order valence-electron chi connectivity index (χ0n) is 13.9. The second-order valence-corrected chi connectivity index (χ2v) is 5.74. The van der Waals surface area contributed by atoms with Gasteiger partial charge in [-0.1, -0.05) is 37.0 Å². The molecule has 0 spiro atoms. The van der Waals surface area contributed by atoms with Crippen LogP contribution in [0.4, 0.5) is 0 Å². The standard InChI is InChI=1S/C16H14Cl2N2O4.K/c1-3-11-13(12(21)4-2)15(22)14(16(23)24)19-20(11)8-5-6-9(17)10(18)7-8;/h5-7H,3-4H2,1-2H3,(H,23,24);/q;+1/p-1. The minimum atomic E-state index is -1.75. The van der Waals surface area contributed by atoms with Crippen molar-refractivity contribution in [2.45, 2.75) is 26.7 Å². The molecule has 0 unspecified atom stereocenters. The number of aromatic nitrogens is 2. The van der Waals surface area contributed by atoms with Crippen molar-refractivity contribution in [2.24, 2.45) is 0 Å². The maximum absolute atomic E-state index is 12.3. The molecule has 0 saturated carbocycles. The van der Waals surface area contributed by atoms with Crippen LogP contribution >= 0.6 is 23.2 Å². The molecule has 0 saturated heterocycles. The summed E-state index contributed by atoms with van der Waals surface area (Å²) in [6.45, 7) is 3.32. The van der Waals surface area contributed by atoms with Gasteiger partial charge in [-0.25, -0.2) is 4.68 Å². The Balaban J connectivity index is 0.00000312. The number of carbonyl (C=O) groups excluding carboxylic acids is 2. The second-order valence-electron chi connectivity index (χ2n) is 4.93. The molecule has 0 N–H and O–H groups in total. The molecule has 0 aliphatic rings. The van der Waals surface area contributed by atoms with Crippen LogP contribution in [0, 0.1) is 0 Å². The first-order valence-electron chi connectivity index (χ1n) is 7.17. The van der Waals surface area contributed by atoms with Crippen LogP contribution in [-0.4, -0.2) is 21.5 Å². The van der Waals surface area contributed by atoms with Crippen LogP contribution in [0.2, 0.25) is 10.0 Å². The summed E-state index contributed by atoms with van der Waals surface area (Å²) >= 11 is 11.9. The fourth-order valence-corrected chi connectivity index (χ4v) is 2.61. The number of ketones is 1. The number of carboxylic acids is 1. The van der Waals surface area contributed by atoms with Crippen molar-refractivity contribution in [2.75, 3.05) is 0 Å². The van der Waals surface area contributed by atoms with E-state index >= 15 is 0 Å². The van der Waals surface area contributed by atoms with Crippen molar-refractivity contribution in [1.82, 2.24) is 9.78 Å². The summed E-state index contributed by atoms with van der Waals surface area (Å²) in [5, 5.41) is 15.6. The van der Waals surface area contributed by atoms with E-state index in [1.165, 1.54) is 16.8 Å². The van der Waals surface area contributed by atoms with Gasteiger partial charge in [0.2, 0.25) is 5.43 Å². The summed E-state index contributed by atoms with van der Waals surface area (Å²) in [4.78, 5) is 35.8. The van der Waals surface area contributed by atoms with E-state index in [-0.39, 0.29) is 74.8 Å². The molecule has 2 aromatic rings. The maximum atomic E-state index is 12.3. The quantitative estimate of drug-likeness (QED) is 0.472. The third-order valence-electron chi connectivity index (χ3n) is 3.46. The number of hydrogen-bond donors (Lipinski definition) is 0. The summed E-state index contributed by atoms with van der Waals surface area (Å²) in [5.74, 6) is -2.21. The summed E-state index contributed by atoms with van der Waals surface area (Å²) in [7, 11) is 0. The van der Waals surface area contributed by atoms with E-state index in [2.05, 4.69) is 5.10 Å². The van der Waals surface area contributed by atoms with Gasteiger partial charge in [-0.15, -0.1) is 0 Å². The first-order chi connectivity index (χ1) is 11.3. The molecule has 0 aliphatic heterocycles. The van der Waals surface area contributed by atoms with Gasteiger partial charge in [-0.3, -0.25) is 9.59 Å². The Morgan fingerprint density at radius 3 is 2.32 bits per heavy atom. The minimum Gasteiger partial charge on any atom is -0.543 e. The molecule has 0 bridgehead atoms. The molecule has 9 heteroatoms. The monoisotopic (exact) mass is 406 g/mol. The van der Waals surface area contributed by atoms with Gasteiger partial charge in [0.1, 0.15) is 0 Å². The Morgan fingerprint density at radius 1 is 1.20 bits per heavy atom. The van der Waals surface area contributed by atoms with Crippen LogP contribution in [0.1, 0.15) is 46.8 Å². The fraction of sp³-hybridized carbons (Fsp3) is 0.250. The Bertz CT molecular complexity index is 896. The van der Waals surface area contributed by atoms with Gasteiger partial charge in [-0.05, 0) is 24.6 Å². The average molecular weight is 407 g/mol. The normalized spacial score (nSPS) is 10.2. The molecular weight excluding hydrogens is 394 g/mol. The van der Waals surface area contributed by atoms with Gasteiger partial charge in [0.25, 0.3) is 0 Å². The van der Waals surface area contributed by atoms with Crippen LogP contribution in [0.15, 0.2) is 23.0 Å². The van der Waals surface area contributed by atoms with Gasteiger partial charge in [-0.2, -0.15) is 5.10 Å². The molecular formula is C16H13Cl2KN2O4. The number of hydrogen-bond acceptors (Lipinski definition) is 5. The van der Waals surface area contributed by atoms with Crippen molar-refractivity contribution < 1.29 is 66.1 Å². The topological polar surface area (TPSA) is 92.1 Å². The van der Waals surface area contributed by atoms with E-state index in [1.807, 2.05) is 0 Å². The summed E-state index contributed by atoms with van der Waals surface area (Å²) in [5.41, 5.74) is -1.27. The number of carbonyl (C=O) groups is 2. The molecule has 2 rings (SSSR count). The number of carboxylic acid groups (broad SMARTS) is 1.